The maximum absolute atomic E-state index is 13.5. The van der Waals surface area contributed by atoms with E-state index in [1.165, 1.54) is 17.0 Å². The van der Waals surface area contributed by atoms with Crippen molar-refractivity contribution in [2.75, 3.05) is 19.6 Å². The SMILES string of the molecule is C[C@@H](c1ccc(S(N)(=O)=O)cc1)N1C(=O)[C@@H]2C[C@H]1CN2C[C@H](NC(=O)OC(C)(C)C)C(=O)N1CCCC1C#N. The number of rotatable bonds is 7. The average Bonchev–Trinajstić information content (AvgIpc) is 3.55. The maximum atomic E-state index is 13.5. The normalized spacial score (nSPS) is 24.9. The largest absolute Gasteiger partial charge is 0.444 e. The fraction of sp³-hybridized carbons (Fsp3) is 0.615. The number of nitrogens with one attached hydrogen (secondary N) is 1. The van der Waals surface area contributed by atoms with Crippen LogP contribution in [0.15, 0.2) is 29.2 Å². The summed E-state index contributed by atoms with van der Waals surface area (Å²) in [5.41, 5.74) is 0.0258. The zero-order valence-corrected chi connectivity index (χ0v) is 23.5. The molecule has 0 aromatic heterocycles. The van der Waals surface area contributed by atoms with Gasteiger partial charge in [-0.3, -0.25) is 14.5 Å². The first-order chi connectivity index (χ1) is 18.2. The molecule has 4 rings (SSSR count). The summed E-state index contributed by atoms with van der Waals surface area (Å²) in [7, 11) is -3.81. The molecule has 3 heterocycles. The molecule has 0 radical (unpaired) electrons. The van der Waals surface area contributed by atoms with Crippen LogP contribution in [0, 0.1) is 11.3 Å². The summed E-state index contributed by atoms with van der Waals surface area (Å²) in [4.78, 5) is 44.8. The zero-order chi connectivity index (χ0) is 28.7. The van der Waals surface area contributed by atoms with Crippen molar-refractivity contribution >= 4 is 27.9 Å². The van der Waals surface area contributed by atoms with E-state index in [1.54, 1.807) is 37.8 Å². The number of nitrogens with zero attached hydrogens (tertiary/aromatic N) is 4. The lowest BCUT2D eigenvalue weighted by atomic mass is 10.1. The number of sulfonamides is 1. The first-order valence-corrected chi connectivity index (χ1v) is 14.6. The number of likely N-dealkylation sites (tertiary alicyclic amines) is 3. The fourth-order valence-electron chi connectivity index (χ4n) is 5.73. The van der Waals surface area contributed by atoms with Gasteiger partial charge < -0.3 is 19.9 Å². The van der Waals surface area contributed by atoms with Gasteiger partial charge in [-0.25, -0.2) is 18.4 Å². The summed E-state index contributed by atoms with van der Waals surface area (Å²) in [6.45, 7) is 8.14. The molecule has 0 saturated carbocycles. The molecule has 3 amide bonds. The fourth-order valence-corrected chi connectivity index (χ4v) is 6.25. The standard InChI is InChI=1S/C26H36N6O6S/c1-16(17-7-9-20(10-8-17)39(28,36)37)32-19-12-22(24(32)34)30(14-19)15-21(29-25(35)38-26(2,3)4)23(33)31-11-5-6-18(31)13-27/h7-10,16,18-19,21-22H,5-6,11-12,14-15H2,1-4H3,(H,29,35)(H2,28,36,37)/t16-,18?,19-,21-,22-/m0/s1. The molecule has 13 heteroatoms. The van der Waals surface area contributed by atoms with Crippen molar-refractivity contribution in [2.45, 2.75) is 87.7 Å². The van der Waals surface area contributed by atoms with Gasteiger partial charge in [-0.15, -0.1) is 0 Å². The van der Waals surface area contributed by atoms with Crippen molar-refractivity contribution in [1.82, 2.24) is 20.0 Å². The first-order valence-electron chi connectivity index (χ1n) is 13.1. The highest BCUT2D eigenvalue weighted by molar-refractivity contribution is 7.89. The molecule has 3 aliphatic rings. The zero-order valence-electron chi connectivity index (χ0n) is 22.7. The number of carbonyl (C=O) groups excluding carboxylic acids is 3. The molecule has 5 atom stereocenters. The molecule has 0 spiro atoms. The van der Waals surface area contributed by atoms with Crippen LogP contribution in [0.4, 0.5) is 4.79 Å². The molecule has 1 unspecified atom stereocenters. The van der Waals surface area contributed by atoms with Gasteiger partial charge in [0.2, 0.25) is 21.8 Å². The van der Waals surface area contributed by atoms with Gasteiger partial charge in [0.25, 0.3) is 0 Å². The van der Waals surface area contributed by atoms with Gasteiger partial charge in [0.05, 0.1) is 23.0 Å². The van der Waals surface area contributed by atoms with Gasteiger partial charge in [-0.05, 0) is 64.7 Å². The highest BCUT2D eigenvalue weighted by Gasteiger charge is 2.52. The van der Waals surface area contributed by atoms with Crippen LogP contribution in [-0.4, -0.2) is 90.4 Å². The number of amides is 3. The van der Waals surface area contributed by atoms with E-state index in [1.807, 2.05) is 11.8 Å². The molecule has 2 bridgehead atoms. The summed E-state index contributed by atoms with van der Waals surface area (Å²) in [5, 5.41) is 17.4. The topological polar surface area (TPSA) is 166 Å². The first kappa shape index (κ1) is 28.8. The third-order valence-electron chi connectivity index (χ3n) is 7.51. The lowest BCUT2D eigenvalue weighted by Gasteiger charge is -2.39. The Bertz CT molecular complexity index is 1270. The predicted octanol–water partition coefficient (Wildman–Crippen LogP) is 1.09. The van der Waals surface area contributed by atoms with Crippen LogP contribution >= 0.6 is 0 Å². The number of hydrogen-bond acceptors (Lipinski definition) is 8. The van der Waals surface area contributed by atoms with E-state index in [0.29, 0.717) is 32.4 Å². The minimum atomic E-state index is -3.81. The van der Waals surface area contributed by atoms with Crippen LogP contribution in [0.5, 0.6) is 0 Å². The molecule has 3 N–H and O–H groups in total. The number of piperazine rings is 1. The number of hydrogen-bond donors (Lipinski definition) is 2. The summed E-state index contributed by atoms with van der Waals surface area (Å²) >= 11 is 0. The van der Waals surface area contributed by atoms with Crippen LogP contribution in [0.3, 0.4) is 0 Å². The van der Waals surface area contributed by atoms with Crippen LogP contribution < -0.4 is 10.5 Å². The molecule has 39 heavy (non-hydrogen) atoms. The van der Waals surface area contributed by atoms with Crippen LogP contribution in [0.2, 0.25) is 0 Å². The number of carbonyl (C=O) groups is 3. The Morgan fingerprint density at radius 3 is 2.49 bits per heavy atom. The summed E-state index contributed by atoms with van der Waals surface area (Å²) in [6, 6.07) is 5.96. The third-order valence-corrected chi connectivity index (χ3v) is 8.44. The highest BCUT2D eigenvalue weighted by atomic mass is 32.2. The summed E-state index contributed by atoms with van der Waals surface area (Å²) in [6.07, 6.45) is 1.14. The number of benzene rings is 1. The van der Waals surface area contributed by atoms with Crippen molar-refractivity contribution in [2.24, 2.45) is 5.14 Å². The Hall–Kier alpha value is -3.21. The molecular weight excluding hydrogens is 524 g/mol. The van der Waals surface area contributed by atoms with E-state index in [9.17, 15) is 28.1 Å². The second kappa shape index (κ2) is 10.7. The Morgan fingerprint density at radius 2 is 1.92 bits per heavy atom. The average molecular weight is 561 g/mol. The number of fused-ring (bicyclic) bond motifs is 2. The van der Waals surface area contributed by atoms with Crippen molar-refractivity contribution in [1.29, 1.82) is 5.26 Å². The van der Waals surface area contributed by atoms with Crippen molar-refractivity contribution in [3.8, 4) is 6.07 Å². The molecule has 12 nitrogen and oxygen atoms in total. The predicted molar refractivity (Wildman–Crippen MR) is 140 cm³/mol. The lowest BCUT2D eigenvalue weighted by Crippen LogP contribution is -2.59. The Morgan fingerprint density at radius 1 is 1.26 bits per heavy atom. The van der Waals surface area contributed by atoms with Gasteiger partial charge in [0.15, 0.2) is 0 Å². The molecule has 3 saturated heterocycles. The molecule has 3 aliphatic heterocycles. The van der Waals surface area contributed by atoms with E-state index in [0.717, 1.165) is 5.56 Å². The Labute approximate surface area is 229 Å². The molecule has 0 aliphatic carbocycles. The summed E-state index contributed by atoms with van der Waals surface area (Å²) < 4.78 is 28.6. The third kappa shape index (κ3) is 6.18. The smallest absolute Gasteiger partial charge is 0.408 e. The van der Waals surface area contributed by atoms with E-state index in [4.69, 9.17) is 9.88 Å². The van der Waals surface area contributed by atoms with Gasteiger partial charge in [0, 0.05) is 25.7 Å². The number of nitriles is 1. The maximum Gasteiger partial charge on any atom is 0.408 e. The lowest BCUT2D eigenvalue weighted by molar-refractivity contribution is -0.141. The Kier molecular flexibility index (Phi) is 7.93. The van der Waals surface area contributed by atoms with Gasteiger partial charge in [0.1, 0.15) is 17.7 Å². The second-order valence-electron chi connectivity index (χ2n) is 11.4. The quantitative estimate of drug-likeness (QED) is 0.500. The second-order valence-corrected chi connectivity index (χ2v) is 13.0. The molecule has 3 fully saturated rings. The molecule has 1 aromatic rings. The van der Waals surface area contributed by atoms with Crippen LogP contribution in [0.1, 0.15) is 58.6 Å². The van der Waals surface area contributed by atoms with Gasteiger partial charge in [-0.1, -0.05) is 12.1 Å². The van der Waals surface area contributed by atoms with Crippen molar-refractivity contribution in [3.05, 3.63) is 29.8 Å². The number of ether oxygens (including phenoxy) is 1. The van der Waals surface area contributed by atoms with Gasteiger partial charge >= 0.3 is 6.09 Å². The molecule has 1 aromatic carbocycles. The van der Waals surface area contributed by atoms with Crippen molar-refractivity contribution < 1.29 is 27.5 Å². The number of alkyl carbamates (subject to hydrolysis) is 1. The van der Waals surface area contributed by atoms with E-state index in [2.05, 4.69) is 11.4 Å². The Balaban J connectivity index is 1.47. The molecular formula is C26H36N6O6S. The monoisotopic (exact) mass is 560 g/mol. The highest BCUT2D eigenvalue weighted by Crippen LogP contribution is 2.38. The van der Waals surface area contributed by atoms with Crippen LogP contribution in [0.25, 0.3) is 0 Å². The minimum absolute atomic E-state index is 0.00345. The number of nitrogens with two attached hydrogens (primary N) is 1. The number of primary sulfonamides is 1. The minimum Gasteiger partial charge on any atom is -0.444 e. The van der Waals surface area contributed by atoms with Crippen LogP contribution in [-0.2, 0) is 24.3 Å². The van der Waals surface area contributed by atoms with E-state index < -0.39 is 39.8 Å². The van der Waals surface area contributed by atoms with Gasteiger partial charge in [-0.2, -0.15) is 5.26 Å². The van der Waals surface area contributed by atoms with E-state index >= 15 is 0 Å². The van der Waals surface area contributed by atoms with Crippen molar-refractivity contribution in [3.63, 3.8) is 0 Å². The molecule has 212 valence electrons. The van der Waals surface area contributed by atoms with E-state index in [-0.39, 0.29) is 35.3 Å². The summed E-state index contributed by atoms with van der Waals surface area (Å²) in [5.74, 6) is -0.450.